The molecule has 1 aliphatic rings. The minimum Gasteiger partial charge on any atom is -0.478 e. The van der Waals surface area contributed by atoms with Crippen molar-refractivity contribution in [2.24, 2.45) is 5.41 Å². The molecular formula is C23H28O4. The molecule has 4 nitrogen and oxygen atoms in total. The first-order valence-electron chi connectivity index (χ1n) is 9.08. The molecule has 144 valence electrons. The zero-order chi connectivity index (χ0) is 20.4. The Morgan fingerprint density at radius 2 is 1.78 bits per heavy atom. The monoisotopic (exact) mass is 368 g/mol. The van der Waals surface area contributed by atoms with Gasteiger partial charge in [-0.1, -0.05) is 49.8 Å². The number of ketones is 1. The lowest BCUT2D eigenvalue weighted by atomic mass is 9.62. The molecule has 4 heteroatoms. The molecule has 2 rings (SSSR count). The smallest absolute Gasteiger partial charge is 0.328 e. The van der Waals surface area contributed by atoms with Crippen molar-refractivity contribution in [2.75, 3.05) is 0 Å². The van der Waals surface area contributed by atoms with E-state index in [1.165, 1.54) is 0 Å². The number of carbonyl (C=O) groups excluding carboxylic acids is 1. The van der Waals surface area contributed by atoms with Gasteiger partial charge in [-0.3, -0.25) is 4.79 Å². The molecule has 0 amide bonds. The Balaban J connectivity index is 2.48. The first-order valence-corrected chi connectivity index (χ1v) is 9.08. The molecule has 2 N–H and O–H groups in total. The van der Waals surface area contributed by atoms with Gasteiger partial charge in [0.15, 0.2) is 5.78 Å². The SMILES string of the molecule is CC(C=C[C@@]1(O)C(C)=C(Cc2ccc(C)cc2)C(=O)CC1(C)C)=CC(=O)O. The maximum Gasteiger partial charge on any atom is 0.328 e. The Labute approximate surface area is 160 Å². The van der Waals surface area contributed by atoms with Gasteiger partial charge in [-0.05, 0) is 43.6 Å². The van der Waals surface area contributed by atoms with Crippen LogP contribution in [0.1, 0.15) is 45.2 Å². The lowest BCUT2D eigenvalue weighted by Gasteiger charge is -2.46. The molecular weight excluding hydrogens is 340 g/mol. The summed E-state index contributed by atoms with van der Waals surface area (Å²) in [6, 6.07) is 8.01. The van der Waals surface area contributed by atoms with E-state index in [4.69, 9.17) is 5.11 Å². The standard InChI is InChI=1S/C23H28O4/c1-15-6-8-18(9-7-15)13-19-17(3)23(27,22(4,5)14-20(19)24)11-10-16(2)12-21(25)26/h6-12,27H,13-14H2,1-5H3,(H,25,26)/t23-/m1/s1. The summed E-state index contributed by atoms with van der Waals surface area (Å²) in [4.78, 5) is 23.6. The number of allylic oxidation sites excluding steroid dienone is 3. The molecule has 0 heterocycles. The quantitative estimate of drug-likeness (QED) is 0.604. The van der Waals surface area contributed by atoms with Crippen LogP contribution in [-0.2, 0) is 16.0 Å². The molecule has 27 heavy (non-hydrogen) atoms. The number of carboxylic acids is 1. The van der Waals surface area contributed by atoms with Crippen molar-refractivity contribution < 1.29 is 19.8 Å². The van der Waals surface area contributed by atoms with Gasteiger partial charge in [-0.25, -0.2) is 4.79 Å². The van der Waals surface area contributed by atoms with E-state index in [-0.39, 0.29) is 12.2 Å². The van der Waals surface area contributed by atoms with Crippen molar-refractivity contribution in [1.29, 1.82) is 0 Å². The molecule has 0 fully saturated rings. The van der Waals surface area contributed by atoms with Gasteiger partial charge in [0.05, 0.1) is 0 Å². The lowest BCUT2D eigenvalue weighted by molar-refractivity contribution is -0.131. The second-order valence-electron chi connectivity index (χ2n) is 8.08. The van der Waals surface area contributed by atoms with Gasteiger partial charge < -0.3 is 10.2 Å². The van der Waals surface area contributed by atoms with E-state index in [1.54, 1.807) is 26.0 Å². The topological polar surface area (TPSA) is 74.6 Å². The van der Waals surface area contributed by atoms with Crippen molar-refractivity contribution in [3.05, 3.63) is 70.3 Å². The highest BCUT2D eigenvalue weighted by Crippen LogP contribution is 2.47. The predicted octanol–water partition coefficient (Wildman–Crippen LogP) is 4.17. The average molecular weight is 368 g/mol. The highest BCUT2D eigenvalue weighted by molar-refractivity contribution is 5.98. The van der Waals surface area contributed by atoms with Crippen LogP contribution < -0.4 is 0 Å². The van der Waals surface area contributed by atoms with E-state index in [0.717, 1.165) is 17.2 Å². The van der Waals surface area contributed by atoms with Crippen molar-refractivity contribution >= 4 is 11.8 Å². The minimum absolute atomic E-state index is 0.0500. The molecule has 1 aromatic carbocycles. The maximum absolute atomic E-state index is 12.8. The van der Waals surface area contributed by atoms with Gasteiger partial charge in [0.1, 0.15) is 5.60 Å². The molecule has 1 atom stereocenters. The van der Waals surface area contributed by atoms with Crippen LogP contribution in [0.2, 0.25) is 0 Å². The second kappa shape index (κ2) is 7.65. The van der Waals surface area contributed by atoms with Crippen LogP contribution in [0.4, 0.5) is 0 Å². The minimum atomic E-state index is -1.32. The molecule has 0 spiro atoms. The van der Waals surface area contributed by atoms with E-state index in [1.807, 2.05) is 45.0 Å². The van der Waals surface area contributed by atoms with Crippen molar-refractivity contribution in [3.8, 4) is 0 Å². The van der Waals surface area contributed by atoms with Crippen LogP contribution in [0.3, 0.4) is 0 Å². The number of aryl methyl sites for hydroxylation is 1. The normalized spacial score (nSPS) is 23.2. The van der Waals surface area contributed by atoms with Crippen LogP contribution in [0.15, 0.2) is 59.2 Å². The zero-order valence-electron chi connectivity index (χ0n) is 16.7. The van der Waals surface area contributed by atoms with Gasteiger partial charge in [-0.2, -0.15) is 0 Å². The summed E-state index contributed by atoms with van der Waals surface area (Å²) in [6.45, 7) is 9.19. The fourth-order valence-electron chi connectivity index (χ4n) is 3.58. The van der Waals surface area contributed by atoms with E-state index in [0.29, 0.717) is 23.1 Å². The molecule has 0 unspecified atom stereocenters. The molecule has 0 radical (unpaired) electrons. The summed E-state index contributed by atoms with van der Waals surface area (Å²) in [5, 5.41) is 20.4. The number of rotatable bonds is 5. The molecule has 0 saturated carbocycles. The number of aliphatic carboxylic acids is 1. The highest BCUT2D eigenvalue weighted by Gasteiger charge is 2.49. The predicted molar refractivity (Wildman–Crippen MR) is 106 cm³/mol. The number of aliphatic hydroxyl groups is 1. The number of Topliss-reactive ketones (excluding diaryl/α,β-unsaturated/α-hetero) is 1. The average Bonchev–Trinajstić information content (AvgIpc) is 2.56. The van der Waals surface area contributed by atoms with Gasteiger partial charge in [0.2, 0.25) is 0 Å². The fraction of sp³-hybridized carbons (Fsp3) is 0.391. The van der Waals surface area contributed by atoms with E-state index < -0.39 is 17.0 Å². The van der Waals surface area contributed by atoms with Crippen LogP contribution in [0, 0.1) is 12.3 Å². The Kier molecular flexibility index (Phi) is 5.91. The third kappa shape index (κ3) is 4.45. The van der Waals surface area contributed by atoms with Gasteiger partial charge >= 0.3 is 5.97 Å². The molecule has 0 aromatic heterocycles. The third-order valence-electron chi connectivity index (χ3n) is 5.44. The number of hydrogen-bond acceptors (Lipinski definition) is 3. The summed E-state index contributed by atoms with van der Waals surface area (Å²) in [6.07, 6.45) is 5.03. The summed E-state index contributed by atoms with van der Waals surface area (Å²) in [7, 11) is 0. The summed E-state index contributed by atoms with van der Waals surface area (Å²) >= 11 is 0. The third-order valence-corrected chi connectivity index (χ3v) is 5.44. The van der Waals surface area contributed by atoms with Crippen molar-refractivity contribution in [1.82, 2.24) is 0 Å². The fourth-order valence-corrected chi connectivity index (χ4v) is 3.58. The van der Waals surface area contributed by atoms with Crippen LogP contribution in [0.5, 0.6) is 0 Å². The zero-order valence-corrected chi connectivity index (χ0v) is 16.7. The number of hydrogen-bond donors (Lipinski definition) is 2. The summed E-state index contributed by atoms with van der Waals surface area (Å²) in [5.74, 6) is -0.983. The number of benzene rings is 1. The van der Waals surface area contributed by atoms with Gasteiger partial charge in [0, 0.05) is 29.9 Å². The van der Waals surface area contributed by atoms with Crippen LogP contribution >= 0.6 is 0 Å². The van der Waals surface area contributed by atoms with Crippen molar-refractivity contribution in [3.63, 3.8) is 0 Å². The van der Waals surface area contributed by atoms with Gasteiger partial charge in [0.25, 0.3) is 0 Å². The number of carbonyl (C=O) groups is 2. The van der Waals surface area contributed by atoms with E-state index >= 15 is 0 Å². The first-order chi connectivity index (χ1) is 12.5. The summed E-state index contributed by atoms with van der Waals surface area (Å²) in [5.41, 5.74) is 1.95. The molecule has 1 aliphatic carbocycles. The Hall–Kier alpha value is -2.46. The Morgan fingerprint density at radius 1 is 1.19 bits per heavy atom. The van der Waals surface area contributed by atoms with Crippen molar-refractivity contribution in [2.45, 2.75) is 53.1 Å². The van der Waals surface area contributed by atoms with Crippen LogP contribution in [-0.4, -0.2) is 27.6 Å². The Morgan fingerprint density at radius 3 is 2.33 bits per heavy atom. The lowest BCUT2D eigenvalue weighted by Crippen LogP contribution is -2.49. The second-order valence-corrected chi connectivity index (χ2v) is 8.08. The largest absolute Gasteiger partial charge is 0.478 e. The molecule has 0 saturated heterocycles. The Bertz CT molecular complexity index is 838. The van der Waals surface area contributed by atoms with E-state index in [9.17, 15) is 14.7 Å². The molecule has 0 bridgehead atoms. The molecule has 0 aliphatic heterocycles. The maximum atomic E-state index is 12.8. The molecule has 1 aromatic rings. The van der Waals surface area contributed by atoms with Crippen LogP contribution in [0.25, 0.3) is 0 Å². The summed E-state index contributed by atoms with van der Waals surface area (Å²) < 4.78 is 0. The number of carboxylic acid groups (broad SMARTS) is 1. The highest BCUT2D eigenvalue weighted by atomic mass is 16.4. The first kappa shape index (κ1) is 20.8. The van der Waals surface area contributed by atoms with E-state index in [2.05, 4.69) is 0 Å². The van der Waals surface area contributed by atoms with Gasteiger partial charge in [-0.15, -0.1) is 0 Å².